The molecular formula is C19H17ClO3. The number of hydrogen-bond donors (Lipinski definition) is 0. The summed E-state index contributed by atoms with van der Waals surface area (Å²) in [4.78, 5) is 23.9. The monoisotopic (exact) mass is 328 g/mol. The van der Waals surface area contributed by atoms with Gasteiger partial charge < -0.3 is 4.74 Å². The van der Waals surface area contributed by atoms with Gasteiger partial charge in [-0.25, -0.2) is 0 Å². The van der Waals surface area contributed by atoms with Gasteiger partial charge in [0.05, 0.1) is 0 Å². The average Bonchev–Trinajstić information content (AvgIpc) is 2.56. The minimum Gasteiger partial charge on any atom is -0.427 e. The lowest BCUT2D eigenvalue weighted by molar-refractivity contribution is -0.134. The van der Waals surface area contributed by atoms with Crippen molar-refractivity contribution in [2.24, 2.45) is 0 Å². The number of carbonyl (C=O) groups is 2. The van der Waals surface area contributed by atoms with Gasteiger partial charge in [-0.05, 0) is 61.4 Å². The van der Waals surface area contributed by atoms with E-state index in [2.05, 4.69) is 6.58 Å². The summed E-state index contributed by atoms with van der Waals surface area (Å²) in [6.07, 6.45) is 3.61. The molecule has 0 heterocycles. The van der Waals surface area contributed by atoms with Gasteiger partial charge in [0.15, 0.2) is 5.78 Å². The molecule has 0 spiro atoms. The summed E-state index contributed by atoms with van der Waals surface area (Å²) < 4.78 is 5.22. The number of hydrogen-bond acceptors (Lipinski definition) is 3. The standard InChI is InChI=1S/C19H17ClO3/c1-2-3-4-5-18(21)23-17-12-8-15(9-13-17)19(22)14-6-10-16(20)11-7-14/h2,6-13H,1,3-5H2. The first-order valence-electron chi connectivity index (χ1n) is 7.32. The first-order valence-corrected chi connectivity index (χ1v) is 7.70. The summed E-state index contributed by atoms with van der Waals surface area (Å²) in [5.41, 5.74) is 1.09. The summed E-state index contributed by atoms with van der Waals surface area (Å²) in [6, 6.07) is 13.2. The predicted molar refractivity (Wildman–Crippen MR) is 91.0 cm³/mol. The number of rotatable bonds is 7. The van der Waals surface area contributed by atoms with Gasteiger partial charge >= 0.3 is 5.97 Å². The maximum Gasteiger partial charge on any atom is 0.311 e. The Morgan fingerprint density at radius 2 is 1.57 bits per heavy atom. The lowest BCUT2D eigenvalue weighted by Gasteiger charge is -2.05. The third kappa shape index (κ3) is 5.08. The van der Waals surface area contributed by atoms with Crippen molar-refractivity contribution in [3.05, 3.63) is 77.3 Å². The molecule has 2 aromatic carbocycles. The minimum absolute atomic E-state index is 0.106. The largest absolute Gasteiger partial charge is 0.427 e. The van der Waals surface area contributed by atoms with Crippen LogP contribution < -0.4 is 4.74 Å². The zero-order valence-electron chi connectivity index (χ0n) is 12.6. The van der Waals surface area contributed by atoms with E-state index in [0.29, 0.717) is 28.3 Å². The molecule has 0 saturated heterocycles. The van der Waals surface area contributed by atoms with Crippen LogP contribution in [0.5, 0.6) is 5.75 Å². The van der Waals surface area contributed by atoms with Crippen molar-refractivity contribution in [1.82, 2.24) is 0 Å². The fourth-order valence-corrected chi connectivity index (χ4v) is 2.14. The molecule has 0 unspecified atom stereocenters. The highest BCUT2D eigenvalue weighted by atomic mass is 35.5. The van der Waals surface area contributed by atoms with Gasteiger partial charge in [-0.2, -0.15) is 0 Å². The Bertz CT molecular complexity index is 688. The van der Waals surface area contributed by atoms with Crippen molar-refractivity contribution < 1.29 is 14.3 Å². The van der Waals surface area contributed by atoms with E-state index in [1.165, 1.54) is 0 Å². The van der Waals surface area contributed by atoms with Crippen LogP contribution in [0, 0.1) is 0 Å². The number of unbranched alkanes of at least 4 members (excludes halogenated alkanes) is 1. The van der Waals surface area contributed by atoms with E-state index in [0.717, 1.165) is 12.8 Å². The Balaban J connectivity index is 1.98. The topological polar surface area (TPSA) is 43.4 Å². The highest BCUT2D eigenvalue weighted by Crippen LogP contribution is 2.17. The van der Waals surface area contributed by atoms with Crippen LogP contribution in [0.2, 0.25) is 5.02 Å². The molecule has 118 valence electrons. The SMILES string of the molecule is C=CCCCC(=O)Oc1ccc(C(=O)c2ccc(Cl)cc2)cc1. The number of benzene rings is 2. The van der Waals surface area contributed by atoms with Crippen LogP contribution in [0.3, 0.4) is 0 Å². The number of carbonyl (C=O) groups excluding carboxylic acids is 2. The first-order chi connectivity index (χ1) is 11.1. The number of ketones is 1. The smallest absolute Gasteiger partial charge is 0.311 e. The van der Waals surface area contributed by atoms with Crippen molar-refractivity contribution in [3.63, 3.8) is 0 Å². The van der Waals surface area contributed by atoms with Gasteiger partial charge in [0.1, 0.15) is 5.75 Å². The fraction of sp³-hybridized carbons (Fsp3) is 0.158. The number of esters is 1. The highest BCUT2D eigenvalue weighted by molar-refractivity contribution is 6.30. The van der Waals surface area contributed by atoms with Gasteiger partial charge in [0, 0.05) is 22.6 Å². The van der Waals surface area contributed by atoms with Crippen LogP contribution in [-0.4, -0.2) is 11.8 Å². The molecule has 0 N–H and O–H groups in total. The van der Waals surface area contributed by atoms with E-state index in [9.17, 15) is 9.59 Å². The van der Waals surface area contributed by atoms with E-state index < -0.39 is 0 Å². The van der Waals surface area contributed by atoms with Crippen LogP contribution in [0.15, 0.2) is 61.2 Å². The number of allylic oxidation sites excluding steroid dienone is 1. The molecule has 0 radical (unpaired) electrons. The third-order valence-electron chi connectivity index (χ3n) is 3.24. The average molecular weight is 329 g/mol. The van der Waals surface area contributed by atoms with Gasteiger partial charge in [0.25, 0.3) is 0 Å². The second kappa shape index (κ2) is 8.30. The van der Waals surface area contributed by atoms with E-state index in [1.807, 2.05) is 0 Å². The molecule has 0 atom stereocenters. The maximum absolute atomic E-state index is 12.3. The summed E-state index contributed by atoms with van der Waals surface area (Å²) in [5.74, 6) is 0.0374. The molecule has 0 aliphatic carbocycles. The Kier molecular flexibility index (Phi) is 6.12. The predicted octanol–water partition coefficient (Wildman–Crippen LogP) is 4.83. The first kappa shape index (κ1) is 17.0. The second-order valence-electron chi connectivity index (χ2n) is 5.02. The summed E-state index contributed by atoms with van der Waals surface area (Å²) >= 11 is 5.81. The van der Waals surface area contributed by atoms with Crippen molar-refractivity contribution in [2.75, 3.05) is 0 Å². The molecule has 0 aliphatic rings. The lowest BCUT2D eigenvalue weighted by Crippen LogP contribution is -2.07. The molecule has 0 aliphatic heterocycles. The molecule has 0 saturated carbocycles. The molecular weight excluding hydrogens is 312 g/mol. The Hall–Kier alpha value is -2.39. The molecule has 0 fully saturated rings. The number of ether oxygens (including phenoxy) is 1. The quantitative estimate of drug-likeness (QED) is 0.240. The summed E-state index contributed by atoms with van der Waals surface area (Å²) in [6.45, 7) is 3.61. The Morgan fingerprint density at radius 1 is 1.00 bits per heavy atom. The summed E-state index contributed by atoms with van der Waals surface area (Å²) in [7, 11) is 0. The summed E-state index contributed by atoms with van der Waals surface area (Å²) in [5, 5.41) is 0.584. The normalized spacial score (nSPS) is 10.1. The molecule has 4 heteroatoms. The molecule has 23 heavy (non-hydrogen) atoms. The van der Waals surface area contributed by atoms with Crippen molar-refractivity contribution in [1.29, 1.82) is 0 Å². The van der Waals surface area contributed by atoms with Gasteiger partial charge in [-0.15, -0.1) is 6.58 Å². The van der Waals surface area contributed by atoms with Crippen molar-refractivity contribution in [3.8, 4) is 5.75 Å². The molecule has 2 aromatic rings. The molecule has 3 nitrogen and oxygen atoms in total. The molecule has 0 aromatic heterocycles. The van der Waals surface area contributed by atoms with Crippen molar-refractivity contribution in [2.45, 2.75) is 19.3 Å². The molecule has 0 bridgehead atoms. The van der Waals surface area contributed by atoms with Crippen LogP contribution in [0.25, 0.3) is 0 Å². The number of halogens is 1. The fourth-order valence-electron chi connectivity index (χ4n) is 2.02. The van der Waals surface area contributed by atoms with Crippen LogP contribution in [0.1, 0.15) is 35.2 Å². The van der Waals surface area contributed by atoms with Crippen LogP contribution in [-0.2, 0) is 4.79 Å². The van der Waals surface area contributed by atoms with E-state index in [4.69, 9.17) is 16.3 Å². The lowest BCUT2D eigenvalue weighted by atomic mass is 10.0. The second-order valence-corrected chi connectivity index (χ2v) is 5.45. The van der Waals surface area contributed by atoms with Crippen molar-refractivity contribution >= 4 is 23.4 Å². The zero-order valence-corrected chi connectivity index (χ0v) is 13.4. The van der Waals surface area contributed by atoms with Crippen LogP contribution in [0.4, 0.5) is 0 Å². The van der Waals surface area contributed by atoms with Gasteiger partial charge in [-0.3, -0.25) is 9.59 Å². The third-order valence-corrected chi connectivity index (χ3v) is 3.50. The van der Waals surface area contributed by atoms with E-state index in [1.54, 1.807) is 54.6 Å². The van der Waals surface area contributed by atoms with Gasteiger partial charge in [0.2, 0.25) is 0 Å². The van der Waals surface area contributed by atoms with E-state index >= 15 is 0 Å². The highest BCUT2D eigenvalue weighted by Gasteiger charge is 2.10. The maximum atomic E-state index is 12.3. The van der Waals surface area contributed by atoms with Gasteiger partial charge in [-0.1, -0.05) is 17.7 Å². The van der Waals surface area contributed by atoms with Crippen LogP contribution >= 0.6 is 11.6 Å². The molecule has 0 amide bonds. The van der Waals surface area contributed by atoms with E-state index in [-0.39, 0.29) is 11.8 Å². The zero-order chi connectivity index (χ0) is 16.7. The molecule has 2 rings (SSSR count). The Morgan fingerprint density at radius 3 is 2.13 bits per heavy atom. The minimum atomic E-state index is -0.288. The Labute approximate surface area is 140 Å².